The van der Waals surface area contributed by atoms with E-state index in [2.05, 4.69) is 60.4 Å². The largest absolute Gasteiger partial charge is 0.478 e. The van der Waals surface area contributed by atoms with Crippen molar-refractivity contribution in [2.45, 2.75) is 64.1 Å². The van der Waals surface area contributed by atoms with Crippen LogP contribution in [-0.2, 0) is 15.1 Å². The smallest absolute Gasteiger partial charge is 0.307 e. The molecule has 0 saturated carbocycles. The van der Waals surface area contributed by atoms with Gasteiger partial charge in [-0.2, -0.15) is 0 Å². The van der Waals surface area contributed by atoms with Crippen molar-refractivity contribution in [3.8, 4) is 5.75 Å². The highest BCUT2D eigenvalue weighted by Crippen LogP contribution is 2.36. The molecule has 1 heterocycles. The van der Waals surface area contributed by atoms with Crippen LogP contribution in [0.15, 0.2) is 84.9 Å². The summed E-state index contributed by atoms with van der Waals surface area (Å²) in [5.41, 5.74) is 2.63. The average Bonchev–Trinajstić information content (AvgIpc) is 2.88. The number of hydrogen-bond donors (Lipinski definition) is 0. The molecule has 4 nitrogen and oxygen atoms in total. The molecule has 0 amide bonds. The molecule has 0 aliphatic carbocycles. The number of hydrogen-bond acceptors (Lipinski definition) is 4. The van der Waals surface area contributed by atoms with Crippen molar-refractivity contribution in [2.75, 3.05) is 19.6 Å². The quantitative estimate of drug-likeness (QED) is 0.324. The number of carbonyl (C=O) groups excluding carboxylic acids is 1. The van der Waals surface area contributed by atoms with Crippen molar-refractivity contribution in [3.63, 3.8) is 0 Å². The van der Waals surface area contributed by atoms with Crippen LogP contribution in [0.25, 0.3) is 0 Å². The maximum atomic E-state index is 12.1. The van der Waals surface area contributed by atoms with E-state index in [0.717, 1.165) is 49.4 Å². The van der Waals surface area contributed by atoms with E-state index in [-0.39, 0.29) is 5.97 Å². The molecule has 0 N–H and O–H groups in total. The lowest BCUT2D eigenvalue weighted by Gasteiger charge is -2.34. The van der Waals surface area contributed by atoms with Crippen LogP contribution in [0.3, 0.4) is 0 Å². The van der Waals surface area contributed by atoms with Crippen molar-refractivity contribution in [3.05, 3.63) is 102 Å². The van der Waals surface area contributed by atoms with Gasteiger partial charge in [0.2, 0.25) is 0 Å². The minimum atomic E-state index is -0.591. The molecule has 36 heavy (non-hydrogen) atoms. The van der Waals surface area contributed by atoms with Gasteiger partial charge in [0.1, 0.15) is 11.4 Å². The van der Waals surface area contributed by atoms with Crippen molar-refractivity contribution >= 4 is 5.97 Å². The van der Waals surface area contributed by atoms with Gasteiger partial charge in [0, 0.05) is 6.54 Å². The summed E-state index contributed by atoms with van der Waals surface area (Å²) in [6.45, 7) is 10.7. The maximum absolute atomic E-state index is 12.1. The van der Waals surface area contributed by atoms with Gasteiger partial charge in [-0.25, -0.2) is 0 Å². The van der Waals surface area contributed by atoms with E-state index < -0.39 is 11.2 Å². The number of nitrogens with zero attached hydrogens (tertiary/aromatic N) is 1. The SMILES string of the molecule is CC(C)(C)OC(=O)CCN1CCC(c2ccc(C(C)(Oc3ccccc3)c3ccccc3)cc2)CC1. The first-order valence-corrected chi connectivity index (χ1v) is 13.1. The molecule has 1 saturated heterocycles. The Labute approximate surface area is 216 Å². The lowest BCUT2D eigenvalue weighted by atomic mass is 9.84. The molecule has 0 radical (unpaired) electrons. The second-order valence-corrected chi connectivity index (χ2v) is 10.9. The summed E-state index contributed by atoms with van der Waals surface area (Å²) >= 11 is 0. The summed E-state index contributed by atoms with van der Waals surface area (Å²) in [4.78, 5) is 14.4. The molecule has 1 aliphatic heterocycles. The zero-order valence-electron chi connectivity index (χ0n) is 22.1. The van der Waals surface area contributed by atoms with Crippen LogP contribution >= 0.6 is 0 Å². The molecule has 3 aromatic rings. The second kappa shape index (κ2) is 11.3. The van der Waals surface area contributed by atoms with E-state index in [0.29, 0.717) is 12.3 Å². The number of para-hydroxylation sites is 1. The molecule has 1 fully saturated rings. The van der Waals surface area contributed by atoms with Gasteiger partial charge in [-0.3, -0.25) is 4.79 Å². The number of ether oxygens (including phenoxy) is 2. The molecule has 1 aliphatic rings. The van der Waals surface area contributed by atoms with Gasteiger partial charge in [0.25, 0.3) is 0 Å². The van der Waals surface area contributed by atoms with Crippen LogP contribution in [0.4, 0.5) is 0 Å². The van der Waals surface area contributed by atoms with E-state index in [1.165, 1.54) is 5.56 Å². The van der Waals surface area contributed by atoms with Gasteiger partial charge in [-0.05, 0) is 88.4 Å². The van der Waals surface area contributed by atoms with Gasteiger partial charge in [-0.15, -0.1) is 0 Å². The molecule has 0 aromatic heterocycles. The Bertz CT molecular complexity index is 1100. The van der Waals surface area contributed by atoms with Gasteiger partial charge in [0.05, 0.1) is 6.42 Å². The fourth-order valence-electron chi connectivity index (χ4n) is 4.97. The Hall–Kier alpha value is -3.11. The van der Waals surface area contributed by atoms with E-state index in [9.17, 15) is 4.79 Å². The normalized spacial score (nSPS) is 16.8. The van der Waals surface area contributed by atoms with Crippen LogP contribution in [-0.4, -0.2) is 36.1 Å². The van der Waals surface area contributed by atoms with Gasteiger partial charge < -0.3 is 14.4 Å². The minimum Gasteiger partial charge on any atom is -0.478 e. The van der Waals surface area contributed by atoms with Crippen LogP contribution < -0.4 is 4.74 Å². The number of carbonyl (C=O) groups is 1. The Morgan fingerprint density at radius 3 is 1.94 bits per heavy atom. The lowest BCUT2D eigenvalue weighted by molar-refractivity contribution is -0.155. The molecule has 4 rings (SSSR count). The van der Waals surface area contributed by atoms with E-state index >= 15 is 0 Å². The summed E-state index contributed by atoms with van der Waals surface area (Å²) < 4.78 is 12.1. The lowest BCUT2D eigenvalue weighted by Crippen LogP contribution is -2.35. The first-order valence-electron chi connectivity index (χ1n) is 13.1. The van der Waals surface area contributed by atoms with Crippen molar-refractivity contribution in [1.82, 2.24) is 4.90 Å². The van der Waals surface area contributed by atoms with E-state index in [1.54, 1.807) is 0 Å². The Morgan fingerprint density at radius 1 is 0.806 bits per heavy atom. The number of likely N-dealkylation sites (tertiary alicyclic amines) is 1. The molecule has 190 valence electrons. The third kappa shape index (κ3) is 6.76. The Balaban J connectivity index is 1.40. The Morgan fingerprint density at radius 2 is 1.36 bits per heavy atom. The monoisotopic (exact) mass is 485 g/mol. The fourth-order valence-corrected chi connectivity index (χ4v) is 4.97. The van der Waals surface area contributed by atoms with Crippen LogP contribution in [0, 0.1) is 0 Å². The summed E-state index contributed by atoms with van der Waals surface area (Å²) in [5.74, 6) is 1.28. The highest BCUT2D eigenvalue weighted by Gasteiger charge is 2.32. The van der Waals surface area contributed by atoms with Crippen molar-refractivity contribution in [1.29, 1.82) is 0 Å². The number of rotatable bonds is 8. The number of esters is 1. The standard InChI is InChI=1S/C32H39NO3/c1-31(2,3)36-30(34)21-24-33-22-19-26(20-23-33)25-15-17-28(18-16-25)32(4,27-11-7-5-8-12-27)35-29-13-9-6-10-14-29/h5-18,26H,19-24H2,1-4H3. The van der Waals surface area contributed by atoms with E-state index in [4.69, 9.17) is 9.47 Å². The van der Waals surface area contributed by atoms with Crippen LogP contribution in [0.1, 0.15) is 69.6 Å². The molecular weight excluding hydrogens is 446 g/mol. The molecule has 1 unspecified atom stereocenters. The topological polar surface area (TPSA) is 38.8 Å². The fraction of sp³-hybridized carbons (Fsp3) is 0.406. The predicted molar refractivity (Wildman–Crippen MR) is 145 cm³/mol. The highest BCUT2D eigenvalue weighted by atomic mass is 16.6. The van der Waals surface area contributed by atoms with Gasteiger partial charge >= 0.3 is 5.97 Å². The molecule has 0 bridgehead atoms. The summed E-state index contributed by atoms with van der Waals surface area (Å²) in [7, 11) is 0. The minimum absolute atomic E-state index is 0.112. The zero-order chi connectivity index (χ0) is 25.6. The maximum Gasteiger partial charge on any atom is 0.307 e. The first kappa shape index (κ1) is 26.0. The van der Waals surface area contributed by atoms with Crippen molar-refractivity contribution in [2.24, 2.45) is 0 Å². The second-order valence-electron chi connectivity index (χ2n) is 10.9. The zero-order valence-corrected chi connectivity index (χ0v) is 22.1. The first-order chi connectivity index (χ1) is 17.2. The average molecular weight is 486 g/mol. The Kier molecular flexibility index (Phi) is 8.15. The summed E-state index contributed by atoms with van der Waals surface area (Å²) in [5, 5.41) is 0. The van der Waals surface area contributed by atoms with Crippen LogP contribution in [0.2, 0.25) is 0 Å². The molecule has 0 spiro atoms. The summed E-state index contributed by atoms with van der Waals surface area (Å²) in [6, 6.07) is 29.4. The molecular formula is C32H39NO3. The number of piperidine rings is 1. The van der Waals surface area contributed by atoms with Gasteiger partial charge in [-0.1, -0.05) is 72.8 Å². The number of benzene rings is 3. The van der Waals surface area contributed by atoms with Crippen LogP contribution in [0.5, 0.6) is 5.75 Å². The third-order valence-electron chi connectivity index (χ3n) is 6.96. The molecule has 3 aromatic carbocycles. The van der Waals surface area contributed by atoms with Gasteiger partial charge in [0.15, 0.2) is 5.60 Å². The highest BCUT2D eigenvalue weighted by molar-refractivity contribution is 5.70. The predicted octanol–water partition coefficient (Wildman–Crippen LogP) is 6.94. The van der Waals surface area contributed by atoms with E-state index in [1.807, 2.05) is 57.2 Å². The summed E-state index contributed by atoms with van der Waals surface area (Å²) in [6.07, 6.45) is 2.66. The van der Waals surface area contributed by atoms with Crippen molar-refractivity contribution < 1.29 is 14.3 Å². The molecule has 1 atom stereocenters. The molecule has 4 heteroatoms. The third-order valence-corrected chi connectivity index (χ3v) is 6.96.